The van der Waals surface area contributed by atoms with Crippen LogP contribution in [0, 0.1) is 5.82 Å². The second-order valence-corrected chi connectivity index (χ2v) is 5.61. The molecular weight excluding hydrogens is 307 g/mol. The Labute approximate surface area is 121 Å². The summed E-state index contributed by atoms with van der Waals surface area (Å²) in [6.07, 6.45) is 0. The Balaban J connectivity index is 2.03. The summed E-state index contributed by atoms with van der Waals surface area (Å²) in [4.78, 5) is 2.12. The van der Waals surface area contributed by atoms with Crippen molar-refractivity contribution in [2.45, 2.75) is 13.1 Å². The van der Waals surface area contributed by atoms with Crippen LogP contribution in [0.15, 0.2) is 46.9 Å². The van der Waals surface area contributed by atoms with E-state index in [1.807, 2.05) is 37.4 Å². The summed E-state index contributed by atoms with van der Waals surface area (Å²) in [5.74, 6) is -0.221. The van der Waals surface area contributed by atoms with E-state index in [1.165, 1.54) is 6.07 Å². The first-order valence-electron chi connectivity index (χ1n) is 6.01. The van der Waals surface area contributed by atoms with Crippen LogP contribution in [0.1, 0.15) is 11.1 Å². The first-order chi connectivity index (χ1) is 9.02. The number of hydrogen-bond acceptors (Lipinski definition) is 2. The predicted molar refractivity (Wildman–Crippen MR) is 80.1 cm³/mol. The number of hydrogen-bond donors (Lipinski definition) is 1. The van der Waals surface area contributed by atoms with Crippen molar-refractivity contribution < 1.29 is 4.39 Å². The Kier molecular flexibility index (Phi) is 4.56. The van der Waals surface area contributed by atoms with Crippen molar-refractivity contribution in [1.29, 1.82) is 0 Å². The lowest BCUT2D eigenvalue weighted by atomic mass is 10.1. The fourth-order valence-corrected chi connectivity index (χ4v) is 2.59. The molecular formula is C15H16BrFN2. The lowest BCUT2D eigenvalue weighted by molar-refractivity contribution is 0.318. The van der Waals surface area contributed by atoms with Gasteiger partial charge in [-0.3, -0.25) is 4.90 Å². The molecule has 100 valence electrons. The summed E-state index contributed by atoms with van der Waals surface area (Å²) in [5.41, 5.74) is 8.61. The lowest BCUT2D eigenvalue weighted by Crippen LogP contribution is -2.17. The van der Waals surface area contributed by atoms with Crippen LogP contribution in [0.25, 0.3) is 0 Å². The Morgan fingerprint density at radius 2 is 1.84 bits per heavy atom. The van der Waals surface area contributed by atoms with E-state index in [0.29, 0.717) is 6.54 Å². The largest absolute Gasteiger partial charge is 0.399 e. The van der Waals surface area contributed by atoms with Gasteiger partial charge in [-0.25, -0.2) is 4.39 Å². The van der Waals surface area contributed by atoms with E-state index in [9.17, 15) is 4.39 Å². The van der Waals surface area contributed by atoms with Crippen LogP contribution in [0.3, 0.4) is 0 Å². The molecule has 0 atom stereocenters. The highest BCUT2D eigenvalue weighted by molar-refractivity contribution is 9.10. The molecule has 19 heavy (non-hydrogen) atoms. The average molecular weight is 323 g/mol. The highest BCUT2D eigenvalue weighted by atomic mass is 79.9. The first kappa shape index (κ1) is 14.0. The summed E-state index contributed by atoms with van der Waals surface area (Å²) in [7, 11) is 2.00. The van der Waals surface area contributed by atoms with Crippen LogP contribution in [-0.2, 0) is 13.1 Å². The van der Waals surface area contributed by atoms with Gasteiger partial charge < -0.3 is 5.73 Å². The number of nitrogens with two attached hydrogens (primary N) is 1. The molecule has 2 N–H and O–H groups in total. The molecule has 0 saturated heterocycles. The average Bonchev–Trinajstić information content (AvgIpc) is 2.26. The zero-order valence-electron chi connectivity index (χ0n) is 10.7. The molecule has 0 saturated carbocycles. The third kappa shape index (κ3) is 4.33. The summed E-state index contributed by atoms with van der Waals surface area (Å²) in [5, 5.41) is 0. The zero-order valence-corrected chi connectivity index (χ0v) is 12.3. The van der Waals surface area contributed by atoms with Crippen LogP contribution < -0.4 is 5.73 Å². The Bertz CT molecular complexity index is 552. The van der Waals surface area contributed by atoms with E-state index >= 15 is 0 Å². The molecule has 2 aromatic rings. The SMILES string of the molecule is CN(Cc1cccc(N)c1)Cc1cc(F)cc(Br)c1. The maximum absolute atomic E-state index is 13.3. The van der Waals surface area contributed by atoms with Crippen molar-refractivity contribution in [2.75, 3.05) is 12.8 Å². The summed E-state index contributed by atoms with van der Waals surface area (Å²) >= 11 is 3.30. The van der Waals surface area contributed by atoms with Gasteiger partial charge in [-0.1, -0.05) is 28.1 Å². The molecule has 0 radical (unpaired) electrons. The molecule has 0 aliphatic heterocycles. The van der Waals surface area contributed by atoms with Crippen molar-refractivity contribution in [1.82, 2.24) is 4.90 Å². The Morgan fingerprint density at radius 3 is 2.53 bits per heavy atom. The molecule has 2 rings (SSSR count). The Hall–Kier alpha value is -1.39. The van der Waals surface area contributed by atoms with Crippen molar-refractivity contribution in [2.24, 2.45) is 0 Å². The minimum Gasteiger partial charge on any atom is -0.399 e. The topological polar surface area (TPSA) is 29.3 Å². The molecule has 0 aliphatic carbocycles. The van der Waals surface area contributed by atoms with Gasteiger partial charge in [0.25, 0.3) is 0 Å². The van der Waals surface area contributed by atoms with E-state index in [1.54, 1.807) is 6.07 Å². The second-order valence-electron chi connectivity index (χ2n) is 4.70. The van der Waals surface area contributed by atoms with Crippen LogP contribution >= 0.6 is 15.9 Å². The monoisotopic (exact) mass is 322 g/mol. The van der Waals surface area contributed by atoms with Crippen molar-refractivity contribution in [3.63, 3.8) is 0 Å². The van der Waals surface area contributed by atoms with Gasteiger partial charge in [0, 0.05) is 23.2 Å². The quantitative estimate of drug-likeness (QED) is 0.867. The number of nitrogen functional groups attached to an aromatic ring is 1. The van der Waals surface area contributed by atoms with Crippen LogP contribution in [0.2, 0.25) is 0 Å². The van der Waals surface area contributed by atoms with Gasteiger partial charge in [0.2, 0.25) is 0 Å². The van der Waals surface area contributed by atoms with E-state index in [0.717, 1.165) is 27.8 Å². The number of nitrogens with zero attached hydrogens (tertiary/aromatic N) is 1. The molecule has 0 bridgehead atoms. The van der Waals surface area contributed by atoms with Gasteiger partial charge in [0.1, 0.15) is 5.82 Å². The fourth-order valence-electron chi connectivity index (χ4n) is 2.07. The summed E-state index contributed by atoms with van der Waals surface area (Å²) in [6.45, 7) is 1.46. The molecule has 2 aromatic carbocycles. The standard InChI is InChI=1S/C15H16BrFN2/c1-19(9-11-3-2-4-15(18)7-11)10-12-5-13(16)8-14(17)6-12/h2-8H,9-10,18H2,1H3. The molecule has 0 unspecified atom stereocenters. The van der Waals surface area contributed by atoms with Gasteiger partial charge in [-0.05, 0) is 48.5 Å². The second kappa shape index (κ2) is 6.17. The minimum atomic E-state index is -0.221. The van der Waals surface area contributed by atoms with Crippen molar-refractivity contribution in [3.8, 4) is 0 Å². The van der Waals surface area contributed by atoms with E-state index < -0.39 is 0 Å². The van der Waals surface area contributed by atoms with Crippen molar-refractivity contribution in [3.05, 3.63) is 63.9 Å². The third-order valence-corrected chi connectivity index (χ3v) is 3.24. The van der Waals surface area contributed by atoms with Gasteiger partial charge >= 0.3 is 0 Å². The third-order valence-electron chi connectivity index (χ3n) is 2.78. The summed E-state index contributed by atoms with van der Waals surface area (Å²) < 4.78 is 14.1. The Morgan fingerprint density at radius 1 is 1.11 bits per heavy atom. The zero-order chi connectivity index (χ0) is 13.8. The van der Waals surface area contributed by atoms with Crippen LogP contribution in [-0.4, -0.2) is 11.9 Å². The number of anilines is 1. The van der Waals surface area contributed by atoms with Gasteiger partial charge in [-0.15, -0.1) is 0 Å². The smallest absolute Gasteiger partial charge is 0.124 e. The minimum absolute atomic E-state index is 0.221. The number of rotatable bonds is 4. The maximum atomic E-state index is 13.3. The maximum Gasteiger partial charge on any atom is 0.124 e. The summed E-state index contributed by atoms with van der Waals surface area (Å²) in [6, 6.07) is 12.7. The number of benzene rings is 2. The molecule has 2 nitrogen and oxygen atoms in total. The molecule has 0 aromatic heterocycles. The van der Waals surface area contributed by atoms with Crippen LogP contribution in [0.5, 0.6) is 0 Å². The molecule has 0 amide bonds. The lowest BCUT2D eigenvalue weighted by Gasteiger charge is -2.17. The predicted octanol–water partition coefficient (Wildman–Crippen LogP) is 3.80. The van der Waals surface area contributed by atoms with E-state index in [4.69, 9.17) is 5.73 Å². The highest BCUT2D eigenvalue weighted by Crippen LogP contribution is 2.17. The van der Waals surface area contributed by atoms with Crippen LogP contribution in [0.4, 0.5) is 10.1 Å². The molecule has 0 spiro atoms. The van der Waals surface area contributed by atoms with Gasteiger partial charge in [0.15, 0.2) is 0 Å². The first-order valence-corrected chi connectivity index (χ1v) is 6.80. The highest BCUT2D eigenvalue weighted by Gasteiger charge is 2.04. The molecule has 4 heteroatoms. The fraction of sp³-hybridized carbons (Fsp3) is 0.200. The van der Waals surface area contributed by atoms with E-state index in [-0.39, 0.29) is 5.82 Å². The number of halogens is 2. The van der Waals surface area contributed by atoms with Gasteiger partial charge in [0.05, 0.1) is 0 Å². The van der Waals surface area contributed by atoms with Gasteiger partial charge in [-0.2, -0.15) is 0 Å². The molecule has 0 fully saturated rings. The molecule has 0 aliphatic rings. The van der Waals surface area contributed by atoms with E-state index in [2.05, 4.69) is 20.8 Å². The van der Waals surface area contributed by atoms with Crippen molar-refractivity contribution >= 4 is 21.6 Å². The normalized spacial score (nSPS) is 10.9. The molecule has 0 heterocycles.